The van der Waals surface area contributed by atoms with E-state index in [1.165, 1.54) is 18.3 Å². The largest absolute Gasteiger partial charge is 0.357 e. The third-order valence-electron chi connectivity index (χ3n) is 5.62. The third kappa shape index (κ3) is 5.81. The zero-order valence-corrected chi connectivity index (χ0v) is 19.3. The monoisotopic (exact) mass is 497 g/mol. The van der Waals surface area contributed by atoms with Crippen LogP contribution in [-0.2, 0) is 0 Å². The van der Waals surface area contributed by atoms with Gasteiger partial charge in [-0.1, -0.05) is 23.7 Å². The summed E-state index contributed by atoms with van der Waals surface area (Å²) in [6.07, 6.45) is 4.56. The summed E-state index contributed by atoms with van der Waals surface area (Å²) in [5.41, 5.74) is 0.422. The van der Waals surface area contributed by atoms with Crippen molar-refractivity contribution in [3.05, 3.63) is 88.1 Å². The lowest BCUT2D eigenvalue weighted by Gasteiger charge is -2.29. The number of pyridine rings is 1. The minimum Gasteiger partial charge on any atom is -0.357 e. The van der Waals surface area contributed by atoms with Gasteiger partial charge in [-0.25, -0.2) is 13.8 Å². The van der Waals surface area contributed by atoms with E-state index < -0.39 is 23.4 Å². The molecule has 2 heterocycles. The maximum atomic E-state index is 14.0. The van der Waals surface area contributed by atoms with Gasteiger partial charge in [0.25, 0.3) is 11.8 Å². The van der Waals surface area contributed by atoms with E-state index >= 15 is 0 Å². The number of carbonyl (C=O) groups is 2. The molecule has 0 aliphatic carbocycles. The fraction of sp³-hybridized carbons (Fsp3) is 0.200. The number of rotatable bonds is 5. The SMILES string of the molecule is N=C(c1ccc(C(=O)Nc2cc(F)c(F)cc2C(=O)Nc2ccc(Cl)cn2)cc1)N1CCCCC1. The number of halogens is 3. The van der Waals surface area contributed by atoms with E-state index in [0.29, 0.717) is 22.5 Å². The molecule has 0 atom stereocenters. The Morgan fingerprint density at radius 1 is 0.886 bits per heavy atom. The van der Waals surface area contributed by atoms with Crippen LogP contribution in [0, 0.1) is 17.0 Å². The van der Waals surface area contributed by atoms with Crippen molar-refractivity contribution in [2.45, 2.75) is 19.3 Å². The van der Waals surface area contributed by atoms with E-state index in [1.54, 1.807) is 24.3 Å². The Morgan fingerprint density at radius 3 is 2.20 bits per heavy atom. The Bertz CT molecular complexity index is 1260. The van der Waals surface area contributed by atoms with Crippen molar-refractivity contribution in [2.75, 3.05) is 23.7 Å². The molecule has 10 heteroatoms. The average molecular weight is 498 g/mol. The molecular weight excluding hydrogens is 476 g/mol. The summed E-state index contributed by atoms with van der Waals surface area (Å²) < 4.78 is 27.9. The Labute approximate surface area is 205 Å². The first-order chi connectivity index (χ1) is 16.8. The van der Waals surface area contributed by atoms with E-state index in [4.69, 9.17) is 17.0 Å². The number of hydrogen-bond donors (Lipinski definition) is 3. The van der Waals surface area contributed by atoms with Crippen LogP contribution in [0.25, 0.3) is 0 Å². The van der Waals surface area contributed by atoms with E-state index in [2.05, 4.69) is 15.6 Å². The van der Waals surface area contributed by atoms with Gasteiger partial charge < -0.3 is 15.5 Å². The van der Waals surface area contributed by atoms with Crippen molar-refractivity contribution < 1.29 is 18.4 Å². The molecule has 2 amide bonds. The molecule has 1 aromatic heterocycles. The lowest BCUT2D eigenvalue weighted by Crippen LogP contribution is -2.35. The molecule has 0 saturated carbocycles. The first-order valence-corrected chi connectivity index (χ1v) is 11.4. The average Bonchev–Trinajstić information content (AvgIpc) is 2.87. The number of amidine groups is 1. The fourth-order valence-electron chi connectivity index (χ4n) is 3.75. The number of aromatic nitrogens is 1. The second-order valence-electron chi connectivity index (χ2n) is 8.06. The Morgan fingerprint density at radius 2 is 1.54 bits per heavy atom. The third-order valence-corrected chi connectivity index (χ3v) is 5.84. The molecule has 1 aliphatic rings. The molecule has 180 valence electrons. The van der Waals surface area contributed by atoms with E-state index in [-0.39, 0.29) is 22.6 Å². The summed E-state index contributed by atoms with van der Waals surface area (Å²) in [6, 6.07) is 10.8. The number of piperidine rings is 1. The topological polar surface area (TPSA) is 98.2 Å². The van der Waals surface area contributed by atoms with Crippen molar-refractivity contribution in [3.63, 3.8) is 0 Å². The Balaban J connectivity index is 1.51. The van der Waals surface area contributed by atoms with Crippen LogP contribution >= 0.6 is 11.6 Å². The van der Waals surface area contributed by atoms with Gasteiger partial charge in [0, 0.05) is 36.5 Å². The molecule has 0 spiro atoms. The molecule has 0 unspecified atom stereocenters. The highest BCUT2D eigenvalue weighted by atomic mass is 35.5. The fourth-order valence-corrected chi connectivity index (χ4v) is 3.86. The van der Waals surface area contributed by atoms with Crippen LogP contribution in [0.3, 0.4) is 0 Å². The Hall–Kier alpha value is -3.85. The highest BCUT2D eigenvalue weighted by molar-refractivity contribution is 6.30. The number of likely N-dealkylation sites (tertiary alicyclic amines) is 1. The van der Waals surface area contributed by atoms with Crippen molar-refractivity contribution in [1.82, 2.24) is 9.88 Å². The first-order valence-electron chi connectivity index (χ1n) is 11.0. The van der Waals surface area contributed by atoms with Crippen LogP contribution in [-0.4, -0.2) is 40.6 Å². The molecular formula is C25H22ClF2N5O2. The summed E-state index contributed by atoms with van der Waals surface area (Å²) in [5, 5.41) is 13.7. The van der Waals surface area contributed by atoms with Crippen molar-refractivity contribution >= 4 is 40.8 Å². The summed E-state index contributed by atoms with van der Waals surface area (Å²) in [7, 11) is 0. The second kappa shape index (κ2) is 10.6. The molecule has 1 fully saturated rings. The highest BCUT2D eigenvalue weighted by Crippen LogP contribution is 2.23. The molecule has 1 saturated heterocycles. The summed E-state index contributed by atoms with van der Waals surface area (Å²) in [6.45, 7) is 1.65. The van der Waals surface area contributed by atoms with Crippen LogP contribution in [0.15, 0.2) is 54.7 Å². The normalized spacial score (nSPS) is 13.3. The van der Waals surface area contributed by atoms with Gasteiger partial charge in [0.15, 0.2) is 11.6 Å². The number of hydrogen-bond acceptors (Lipinski definition) is 4. The molecule has 0 bridgehead atoms. The second-order valence-corrected chi connectivity index (χ2v) is 8.49. The smallest absolute Gasteiger partial charge is 0.259 e. The van der Waals surface area contributed by atoms with Crippen molar-refractivity contribution in [2.24, 2.45) is 0 Å². The van der Waals surface area contributed by atoms with Gasteiger partial charge in [0.1, 0.15) is 11.7 Å². The molecule has 0 radical (unpaired) electrons. The zero-order chi connectivity index (χ0) is 24.9. The van der Waals surface area contributed by atoms with Crippen LogP contribution in [0.5, 0.6) is 0 Å². The molecule has 1 aliphatic heterocycles. The minimum absolute atomic E-state index is 0.146. The lowest BCUT2D eigenvalue weighted by molar-refractivity contribution is 0.102. The number of benzene rings is 2. The maximum Gasteiger partial charge on any atom is 0.259 e. The summed E-state index contributed by atoms with van der Waals surface area (Å²) in [5.74, 6) is -3.32. The predicted molar refractivity (Wildman–Crippen MR) is 130 cm³/mol. The minimum atomic E-state index is -1.24. The molecule has 4 rings (SSSR count). The van der Waals surface area contributed by atoms with Gasteiger partial charge in [-0.05, 0) is 49.6 Å². The summed E-state index contributed by atoms with van der Waals surface area (Å²) >= 11 is 5.78. The zero-order valence-electron chi connectivity index (χ0n) is 18.6. The molecule has 3 N–H and O–H groups in total. The van der Waals surface area contributed by atoms with Crippen LogP contribution in [0.1, 0.15) is 45.5 Å². The molecule has 35 heavy (non-hydrogen) atoms. The van der Waals surface area contributed by atoms with Gasteiger partial charge >= 0.3 is 0 Å². The van der Waals surface area contributed by atoms with E-state index in [1.807, 2.05) is 4.90 Å². The molecule has 7 nitrogen and oxygen atoms in total. The lowest BCUT2D eigenvalue weighted by atomic mass is 10.1. The number of carbonyl (C=O) groups excluding carboxylic acids is 2. The van der Waals surface area contributed by atoms with Crippen molar-refractivity contribution in [1.29, 1.82) is 5.41 Å². The standard InChI is InChI=1S/C25H22ClF2N5O2/c26-17-8-9-22(30-14-17)32-25(35)18-12-19(27)20(28)13-21(18)31-24(34)16-6-4-15(5-7-16)23(29)33-10-2-1-3-11-33/h4-9,12-14,29H,1-3,10-11H2,(H,31,34)(H,30,32,35). The van der Waals surface area contributed by atoms with E-state index in [0.717, 1.165) is 38.4 Å². The quantitative estimate of drug-likeness (QED) is 0.328. The number of nitrogens with one attached hydrogen (secondary N) is 3. The van der Waals surface area contributed by atoms with E-state index in [9.17, 15) is 18.4 Å². The van der Waals surface area contributed by atoms with Gasteiger partial charge in [-0.3, -0.25) is 15.0 Å². The van der Waals surface area contributed by atoms with Crippen LogP contribution in [0.4, 0.5) is 20.3 Å². The predicted octanol–water partition coefficient (Wildman–Crippen LogP) is 5.33. The molecule has 3 aromatic rings. The number of anilines is 2. The number of nitrogens with zero attached hydrogens (tertiary/aromatic N) is 2. The number of amides is 2. The highest BCUT2D eigenvalue weighted by Gasteiger charge is 2.20. The van der Waals surface area contributed by atoms with Crippen LogP contribution < -0.4 is 10.6 Å². The van der Waals surface area contributed by atoms with Gasteiger partial charge in [-0.2, -0.15) is 0 Å². The van der Waals surface area contributed by atoms with Crippen LogP contribution in [0.2, 0.25) is 5.02 Å². The van der Waals surface area contributed by atoms with Crippen molar-refractivity contribution in [3.8, 4) is 0 Å². The molecule has 2 aromatic carbocycles. The van der Waals surface area contributed by atoms with Gasteiger partial charge in [0.2, 0.25) is 0 Å². The van der Waals surface area contributed by atoms with Gasteiger partial charge in [-0.15, -0.1) is 0 Å². The maximum absolute atomic E-state index is 14.0. The van der Waals surface area contributed by atoms with Gasteiger partial charge in [0.05, 0.1) is 16.3 Å². The summed E-state index contributed by atoms with van der Waals surface area (Å²) in [4.78, 5) is 31.5. The Kier molecular flexibility index (Phi) is 7.36. The first kappa shape index (κ1) is 24.3.